The van der Waals surface area contributed by atoms with Crippen molar-refractivity contribution in [2.75, 3.05) is 6.54 Å². The van der Waals surface area contributed by atoms with E-state index in [0.717, 1.165) is 0 Å². The average molecular weight is 171 g/mol. The first kappa shape index (κ1) is 10.0. The smallest absolute Gasteiger partial charge is 0.400 e. The third-order valence-corrected chi connectivity index (χ3v) is 1.10. The molecule has 0 saturated carbocycles. The molecule has 66 valence electrons. The number of halogens is 3. The van der Waals surface area contributed by atoms with Crippen molar-refractivity contribution in [1.29, 1.82) is 0 Å². The first-order chi connectivity index (χ1) is 4.93. The van der Waals surface area contributed by atoms with Crippen LogP contribution in [0.2, 0.25) is 0 Å². The van der Waals surface area contributed by atoms with Crippen molar-refractivity contribution in [2.45, 2.75) is 6.18 Å². The first-order valence-electron chi connectivity index (χ1n) is 2.67. The summed E-state index contributed by atoms with van der Waals surface area (Å²) in [5.41, 5.74) is 9.46. The van der Waals surface area contributed by atoms with Crippen LogP contribution in [-0.2, 0) is 0 Å². The zero-order valence-electron chi connectivity index (χ0n) is 5.47. The fourth-order valence-corrected chi connectivity index (χ4v) is 0.492. The summed E-state index contributed by atoms with van der Waals surface area (Å²) in [4.78, 5) is 0. The topological polar surface area (TPSA) is 84.6 Å². The highest BCUT2D eigenvalue weighted by atomic mass is 19.4. The van der Waals surface area contributed by atoms with Crippen LogP contribution in [0, 0.1) is 5.92 Å². The van der Waals surface area contributed by atoms with Crippen LogP contribution in [0.1, 0.15) is 0 Å². The van der Waals surface area contributed by atoms with Gasteiger partial charge in [-0.2, -0.15) is 13.2 Å². The molecule has 0 amide bonds. The Balaban J connectivity index is 4.42. The van der Waals surface area contributed by atoms with Crippen molar-refractivity contribution in [3.05, 3.63) is 0 Å². The zero-order valence-corrected chi connectivity index (χ0v) is 5.47. The van der Waals surface area contributed by atoms with Crippen molar-refractivity contribution in [3.8, 4) is 0 Å². The molecule has 0 spiro atoms. The predicted octanol–water partition coefficient (Wildman–Crippen LogP) is -0.130. The van der Waals surface area contributed by atoms with Crippen LogP contribution in [0.15, 0.2) is 5.16 Å². The number of hydrogen-bond donors (Lipinski definition) is 3. The van der Waals surface area contributed by atoms with Gasteiger partial charge in [-0.05, 0) is 0 Å². The standard InChI is InChI=1S/C4H8F3N3O/c5-4(6,7)2(1-8)3(9)10-11/h2,11H,1,8H2,(H2,9,10). The molecule has 4 nitrogen and oxygen atoms in total. The molecule has 0 aromatic carbocycles. The van der Waals surface area contributed by atoms with Crippen molar-refractivity contribution < 1.29 is 18.4 Å². The summed E-state index contributed by atoms with van der Waals surface area (Å²) in [5.74, 6) is -2.98. The lowest BCUT2D eigenvalue weighted by molar-refractivity contribution is -0.153. The third-order valence-electron chi connectivity index (χ3n) is 1.10. The summed E-state index contributed by atoms with van der Waals surface area (Å²) >= 11 is 0. The number of alkyl halides is 3. The Bertz CT molecular complexity index is 155. The summed E-state index contributed by atoms with van der Waals surface area (Å²) in [6.07, 6.45) is -4.55. The van der Waals surface area contributed by atoms with E-state index in [-0.39, 0.29) is 0 Å². The summed E-state index contributed by atoms with van der Waals surface area (Å²) in [7, 11) is 0. The molecular weight excluding hydrogens is 163 g/mol. The molecule has 0 aliphatic rings. The third kappa shape index (κ3) is 2.62. The van der Waals surface area contributed by atoms with Crippen LogP contribution in [0.5, 0.6) is 0 Å². The van der Waals surface area contributed by atoms with Crippen LogP contribution in [0.25, 0.3) is 0 Å². The Labute approximate surface area is 60.7 Å². The molecule has 0 aromatic heterocycles. The molecule has 11 heavy (non-hydrogen) atoms. The van der Waals surface area contributed by atoms with E-state index in [2.05, 4.69) is 5.16 Å². The van der Waals surface area contributed by atoms with Gasteiger partial charge in [0.15, 0.2) is 5.84 Å². The fraction of sp³-hybridized carbons (Fsp3) is 0.750. The first-order valence-corrected chi connectivity index (χ1v) is 2.67. The highest BCUT2D eigenvalue weighted by Crippen LogP contribution is 2.25. The molecule has 1 atom stereocenters. The number of nitrogens with two attached hydrogens (primary N) is 2. The van der Waals surface area contributed by atoms with Gasteiger partial charge in [-0.15, -0.1) is 0 Å². The van der Waals surface area contributed by atoms with E-state index in [0.29, 0.717) is 0 Å². The lowest BCUT2D eigenvalue weighted by Crippen LogP contribution is -2.40. The minimum Gasteiger partial charge on any atom is -0.409 e. The van der Waals surface area contributed by atoms with Gasteiger partial charge in [0.25, 0.3) is 0 Å². The lowest BCUT2D eigenvalue weighted by Gasteiger charge is -2.15. The molecule has 0 aliphatic carbocycles. The molecule has 0 radical (unpaired) electrons. The second kappa shape index (κ2) is 3.42. The van der Waals surface area contributed by atoms with Gasteiger partial charge >= 0.3 is 6.18 Å². The second-order valence-corrected chi connectivity index (χ2v) is 1.85. The Kier molecular flexibility index (Phi) is 3.12. The normalized spacial score (nSPS) is 16.5. The Morgan fingerprint density at radius 1 is 1.55 bits per heavy atom. The number of nitrogens with zero attached hydrogens (tertiary/aromatic N) is 1. The van der Waals surface area contributed by atoms with Gasteiger partial charge in [0, 0.05) is 6.54 Å². The maximum Gasteiger partial charge on any atom is 0.400 e. The van der Waals surface area contributed by atoms with E-state index < -0.39 is 24.5 Å². The van der Waals surface area contributed by atoms with Crippen LogP contribution in [-0.4, -0.2) is 23.8 Å². The van der Waals surface area contributed by atoms with Crippen LogP contribution in [0.4, 0.5) is 13.2 Å². The molecule has 0 rings (SSSR count). The maximum atomic E-state index is 11.8. The monoisotopic (exact) mass is 171 g/mol. The largest absolute Gasteiger partial charge is 0.409 e. The van der Waals surface area contributed by atoms with Crippen LogP contribution >= 0.6 is 0 Å². The molecule has 1 unspecified atom stereocenters. The van der Waals surface area contributed by atoms with Crippen molar-refractivity contribution in [1.82, 2.24) is 0 Å². The van der Waals surface area contributed by atoms with Crippen LogP contribution < -0.4 is 11.5 Å². The van der Waals surface area contributed by atoms with E-state index >= 15 is 0 Å². The predicted molar refractivity (Wildman–Crippen MR) is 32.0 cm³/mol. The summed E-state index contributed by atoms with van der Waals surface area (Å²) in [6.45, 7) is -0.723. The fourth-order valence-electron chi connectivity index (χ4n) is 0.492. The maximum absolute atomic E-state index is 11.8. The molecule has 5 N–H and O–H groups in total. The quantitative estimate of drug-likeness (QED) is 0.234. The van der Waals surface area contributed by atoms with E-state index in [1.165, 1.54) is 0 Å². The molecule has 0 aliphatic heterocycles. The average Bonchev–Trinajstić information content (AvgIpc) is 1.86. The van der Waals surface area contributed by atoms with Gasteiger partial charge in [-0.1, -0.05) is 5.16 Å². The van der Waals surface area contributed by atoms with Gasteiger partial charge in [0.2, 0.25) is 0 Å². The van der Waals surface area contributed by atoms with Gasteiger partial charge in [-0.25, -0.2) is 0 Å². The SMILES string of the molecule is NCC(C(N)=NO)C(F)(F)F. The summed E-state index contributed by atoms with van der Waals surface area (Å²) in [5, 5.41) is 10.1. The van der Waals surface area contributed by atoms with E-state index in [4.69, 9.17) is 16.7 Å². The van der Waals surface area contributed by atoms with Crippen molar-refractivity contribution in [2.24, 2.45) is 22.5 Å². The molecule has 0 fully saturated rings. The number of rotatable bonds is 2. The van der Waals surface area contributed by atoms with Crippen LogP contribution in [0.3, 0.4) is 0 Å². The van der Waals surface area contributed by atoms with Crippen molar-refractivity contribution in [3.63, 3.8) is 0 Å². The molecule has 7 heteroatoms. The second-order valence-electron chi connectivity index (χ2n) is 1.85. The van der Waals surface area contributed by atoms with Gasteiger partial charge in [0.1, 0.15) is 5.92 Å². The van der Waals surface area contributed by atoms with E-state index in [1.807, 2.05) is 0 Å². The summed E-state index contributed by atoms with van der Waals surface area (Å²) in [6, 6.07) is 0. The molecule has 0 heterocycles. The van der Waals surface area contributed by atoms with Gasteiger partial charge in [0.05, 0.1) is 0 Å². The Hall–Kier alpha value is -0.980. The minimum atomic E-state index is -4.55. The summed E-state index contributed by atoms with van der Waals surface area (Å²) < 4.78 is 35.4. The Morgan fingerprint density at radius 3 is 2.09 bits per heavy atom. The van der Waals surface area contributed by atoms with E-state index in [1.54, 1.807) is 0 Å². The zero-order chi connectivity index (χ0) is 9.07. The lowest BCUT2D eigenvalue weighted by atomic mass is 10.1. The van der Waals surface area contributed by atoms with Gasteiger partial charge in [-0.3, -0.25) is 0 Å². The highest BCUT2D eigenvalue weighted by Gasteiger charge is 2.41. The number of amidine groups is 1. The molecule has 0 bridgehead atoms. The number of hydrogen-bond acceptors (Lipinski definition) is 3. The minimum absolute atomic E-state index is 0.723. The Morgan fingerprint density at radius 2 is 2.00 bits per heavy atom. The van der Waals surface area contributed by atoms with E-state index in [9.17, 15) is 13.2 Å². The molecular formula is C4H8F3N3O. The molecule has 0 saturated heterocycles. The molecule has 0 aromatic rings. The van der Waals surface area contributed by atoms with Gasteiger partial charge < -0.3 is 16.7 Å². The highest BCUT2D eigenvalue weighted by molar-refractivity contribution is 5.83. The number of oxime groups is 1. The van der Waals surface area contributed by atoms with Crippen molar-refractivity contribution >= 4 is 5.84 Å².